The molecule has 2 aliphatic rings. The topological polar surface area (TPSA) is 23.6 Å². The van der Waals surface area contributed by atoms with Gasteiger partial charge in [-0.1, -0.05) is 49.6 Å². The predicted molar refractivity (Wildman–Crippen MR) is 101 cm³/mol. The molecule has 3 rings (SSSR count). The fourth-order valence-electron chi connectivity index (χ4n) is 3.46. The Morgan fingerprint density at radius 2 is 2.04 bits per heavy atom. The number of amides is 2. The molecule has 3 nitrogen and oxygen atoms in total. The predicted octanol–water partition coefficient (Wildman–Crippen LogP) is 4.34. The highest BCUT2D eigenvalue weighted by molar-refractivity contribution is 8.00. The smallest absolute Gasteiger partial charge is 0.304 e. The number of thioether (sulfide) groups is 1. The lowest BCUT2D eigenvalue weighted by atomic mass is 10.1. The maximum absolute atomic E-state index is 13.1. The van der Waals surface area contributed by atoms with Crippen molar-refractivity contribution in [2.45, 2.75) is 63.5 Å². The first-order valence-corrected chi connectivity index (χ1v) is 9.79. The summed E-state index contributed by atoms with van der Waals surface area (Å²) in [6, 6.07) is 10.6. The summed E-state index contributed by atoms with van der Waals surface area (Å²) in [5, 5.41) is 0. The number of rotatable bonds is 4. The summed E-state index contributed by atoms with van der Waals surface area (Å²) in [5.41, 5.74) is 1.16. The third-order valence-electron chi connectivity index (χ3n) is 4.77. The van der Waals surface area contributed by atoms with Crippen LogP contribution in [0.25, 0.3) is 0 Å². The molecule has 1 aromatic carbocycles. The molecule has 0 aromatic heterocycles. The minimum atomic E-state index is -0.142. The van der Waals surface area contributed by atoms with Crippen LogP contribution in [0, 0.1) is 11.8 Å². The van der Waals surface area contributed by atoms with E-state index < -0.39 is 0 Å². The third kappa shape index (κ3) is 3.28. The molecule has 0 aliphatic carbocycles. The van der Waals surface area contributed by atoms with Crippen molar-refractivity contribution in [1.29, 1.82) is 0 Å². The quantitative estimate of drug-likeness (QED) is 0.600. The lowest BCUT2D eigenvalue weighted by Gasteiger charge is -2.29. The molecule has 4 heteroatoms. The molecule has 0 radical (unpaired) electrons. The maximum Gasteiger partial charge on any atom is 0.322 e. The van der Waals surface area contributed by atoms with E-state index in [9.17, 15) is 4.79 Å². The molecule has 24 heavy (non-hydrogen) atoms. The van der Waals surface area contributed by atoms with Gasteiger partial charge in [-0.05, 0) is 25.8 Å². The summed E-state index contributed by atoms with van der Waals surface area (Å²) in [6.45, 7) is 7.10. The third-order valence-corrected chi connectivity index (χ3v) is 6.18. The average Bonchev–Trinajstić information content (AvgIpc) is 3.02. The van der Waals surface area contributed by atoms with Crippen molar-refractivity contribution >= 4 is 17.8 Å². The van der Waals surface area contributed by atoms with Crippen molar-refractivity contribution in [3.8, 4) is 11.8 Å². The number of hydrogen-bond acceptors (Lipinski definition) is 2. The van der Waals surface area contributed by atoms with Gasteiger partial charge in [0.05, 0.1) is 10.9 Å². The maximum atomic E-state index is 13.1. The molecule has 0 bridgehead atoms. The van der Waals surface area contributed by atoms with Crippen LogP contribution in [0.4, 0.5) is 4.79 Å². The van der Waals surface area contributed by atoms with E-state index >= 15 is 0 Å². The van der Waals surface area contributed by atoms with Crippen molar-refractivity contribution < 1.29 is 4.79 Å². The summed E-state index contributed by atoms with van der Waals surface area (Å²) in [5.74, 6) is 7.72. The van der Waals surface area contributed by atoms with Gasteiger partial charge in [-0.3, -0.25) is 0 Å². The van der Waals surface area contributed by atoms with Crippen LogP contribution in [-0.4, -0.2) is 38.5 Å². The highest BCUT2D eigenvalue weighted by Gasteiger charge is 2.55. The van der Waals surface area contributed by atoms with Gasteiger partial charge < -0.3 is 9.80 Å². The Morgan fingerprint density at radius 3 is 2.75 bits per heavy atom. The van der Waals surface area contributed by atoms with Crippen LogP contribution in [0.3, 0.4) is 0 Å². The first kappa shape index (κ1) is 17.2. The van der Waals surface area contributed by atoms with Crippen LogP contribution < -0.4 is 0 Å². The molecule has 0 saturated carbocycles. The van der Waals surface area contributed by atoms with Crippen LogP contribution in [0.5, 0.6) is 0 Å². The van der Waals surface area contributed by atoms with E-state index in [2.05, 4.69) is 49.6 Å². The van der Waals surface area contributed by atoms with Crippen molar-refractivity contribution in [1.82, 2.24) is 9.80 Å². The number of carbonyl (C=O) groups is 1. The minimum Gasteiger partial charge on any atom is -0.304 e. The molecule has 2 saturated heterocycles. The summed E-state index contributed by atoms with van der Waals surface area (Å²) in [6.07, 6.45) is 3.20. The van der Waals surface area contributed by atoms with Crippen LogP contribution in [0.15, 0.2) is 30.3 Å². The Kier molecular flexibility index (Phi) is 5.10. The first-order chi connectivity index (χ1) is 11.5. The van der Waals surface area contributed by atoms with Crippen LogP contribution in [0.2, 0.25) is 0 Å². The second kappa shape index (κ2) is 7.11. The number of unbranched alkanes of at least 4 members (excludes halogenated alkanes) is 2. The molecule has 128 valence electrons. The monoisotopic (exact) mass is 342 g/mol. The number of carbonyl (C=O) groups excluding carboxylic acids is 1. The number of urea groups is 1. The SMILES string of the molecule is CCCCC#C[C@@H]1[C@@H]2CSC(C)(C)N2C(=O)N1Cc1ccccc1. The van der Waals surface area contributed by atoms with Crippen molar-refractivity contribution in [3.63, 3.8) is 0 Å². The normalized spacial score (nSPS) is 24.7. The summed E-state index contributed by atoms with van der Waals surface area (Å²) in [4.78, 5) is 17.0. The van der Waals surface area contributed by atoms with Gasteiger partial charge in [0, 0.05) is 18.7 Å². The number of benzene rings is 1. The minimum absolute atomic E-state index is 0.00355. The standard InChI is InChI=1S/C20H26N2OS/c1-4-5-6-10-13-17-18-15-24-20(2,3)22(18)19(23)21(17)14-16-11-8-7-9-12-16/h7-9,11-12,17-18H,4-6,14-15H2,1-3H3/t17-,18+/m1/s1. The zero-order valence-corrected chi connectivity index (χ0v) is 15.6. The van der Waals surface area contributed by atoms with Crippen molar-refractivity contribution in [2.24, 2.45) is 0 Å². The molecule has 0 unspecified atom stereocenters. The fourth-order valence-corrected chi connectivity index (χ4v) is 4.73. The van der Waals surface area contributed by atoms with E-state index in [4.69, 9.17) is 0 Å². The van der Waals surface area contributed by atoms with Gasteiger partial charge in [0.2, 0.25) is 0 Å². The van der Waals surface area contributed by atoms with Gasteiger partial charge >= 0.3 is 6.03 Å². The van der Waals surface area contributed by atoms with Crippen molar-refractivity contribution in [3.05, 3.63) is 35.9 Å². The highest BCUT2D eigenvalue weighted by atomic mass is 32.2. The van der Waals surface area contributed by atoms with Crippen molar-refractivity contribution in [2.75, 3.05) is 5.75 Å². The fraction of sp³-hybridized carbons (Fsp3) is 0.550. The molecular formula is C20H26N2OS. The zero-order valence-electron chi connectivity index (χ0n) is 14.8. The van der Waals surface area contributed by atoms with E-state index in [0.29, 0.717) is 6.54 Å². The van der Waals surface area contributed by atoms with Crippen LogP contribution >= 0.6 is 11.8 Å². The molecule has 2 aliphatic heterocycles. The lowest BCUT2D eigenvalue weighted by molar-refractivity contribution is 0.171. The molecule has 0 spiro atoms. The molecule has 1 aromatic rings. The molecular weight excluding hydrogens is 316 g/mol. The Morgan fingerprint density at radius 1 is 1.29 bits per heavy atom. The molecule has 2 atom stereocenters. The van der Waals surface area contributed by atoms with Gasteiger partial charge in [0.25, 0.3) is 0 Å². The Balaban J connectivity index is 1.85. The first-order valence-electron chi connectivity index (χ1n) is 8.81. The van der Waals surface area contributed by atoms with E-state index in [1.807, 2.05) is 34.9 Å². The second-order valence-electron chi connectivity index (χ2n) is 6.96. The molecule has 2 amide bonds. The Labute approximate surface area is 149 Å². The molecule has 0 N–H and O–H groups in total. The lowest BCUT2D eigenvalue weighted by Crippen LogP contribution is -2.43. The Hall–Kier alpha value is -1.60. The van der Waals surface area contributed by atoms with Gasteiger partial charge in [0.15, 0.2) is 0 Å². The number of nitrogens with zero attached hydrogens (tertiary/aromatic N) is 2. The van der Waals surface area contributed by atoms with Gasteiger partial charge in [-0.15, -0.1) is 17.7 Å². The second-order valence-corrected chi connectivity index (χ2v) is 8.58. The molecule has 2 fully saturated rings. The number of fused-ring (bicyclic) bond motifs is 1. The average molecular weight is 343 g/mol. The van der Waals surface area contributed by atoms with E-state index in [1.54, 1.807) is 0 Å². The zero-order chi connectivity index (χ0) is 17.2. The van der Waals surface area contributed by atoms with Crippen LogP contribution in [-0.2, 0) is 6.54 Å². The summed E-state index contributed by atoms with van der Waals surface area (Å²) >= 11 is 1.86. The number of hydrogen-bond donors (Lipinski definition) is 0. The van der Waals surface area contributed by atoms with E-state index in [-0.39, 0.29) is 23.0 Å². The van der Waals surface area contributed by atoms with E-state index in [0.717, 1.165) is 30.6 Å². The van der Waals surface area contributed by atoms with E-state index in [1.165, 1.54) is 0 Å². The molecule has 2 heterocycles. The van der Waals surface area contributed by atoms with Crippen LogP contribution in [0.1, 0.15) is 45.6 Å². The highest BCUT2D eigenvalue weighted by Crippen LogP contribution is 2.45. The summed E-state index contributed by atoms with van der Waals surface area (Å²) < 4.78 is 0. The van der Waals surface area contributed by atoms with Gasteiger partial charge in [-0.25, -0.2) is 4.79 Å². The van der Waals surface area contributed by atoms with Gasteiger partial charge in [-0.2, -0.15) is 0 Å². The van der Waals surface area contributed by atoms with Gasteiger partial charge in [0.1, 0.15) is 6.04 Å². The largest absolute Gasteiger partial charge is 0.322 e. The summed E-state index contributed by atoms with van der Waals surface area (Å²) in [7, 11) is 0. The Bertz CT molecular complexity index is 647.